The van der Waals surface area contributed by atoms with Gasteiger partial charge in [0.2, 0.25) is 0 Å². The number of unbranched alkanes of at least 4 members (excludes halogenated alkanes) is 1. The van der Waals surface area contributed by atoms with Gasteiger partial charge >= 0.3 is 0 Å². The molecule has 1 N–H and O–H groups in total. The molecule has 2 aliphatic rings. The summed E-state index contributed by atoms with van der Waals surface area (Å²) in [4.78, 5) is 22.3. The monoisotopic (exact) mass is 211 g/mol. The van der Waals surface area contributed by atoms with Crippen LogP contribution in [0.1, 0.15) is 44.9 Å². The molecule has 1 aliphatic carbocycles. The molecule has 0 bridgehead atoms. The number of hydrogen-bond donors (Lipinski definition) is 1. The van der Waals surface area contributed by atoms with Gasteiger partial charge in [0, 0.05) is 12.3 Å². The molecular weight excluding hydrogens is 194 g/mol. The van der Waals surface area contributed by atoms with Crippen LogP contribution in [0.25, 0.3) is 0 Å². The average Bonchev–Trinajstić information content (AvgIpc) is 3.00. The molecule has 1 saturated carbocycles. The maximum atomic E-state index is 11.3. The molecule has 84 valence electrons. The second-order valence-electron chi connectivity index (χ2n) is 4.67. The summed E-state index contributed by atoms with van der Waals surface area (Å²) in [6.45, 7) is 0. The second-order valence-corrected chi connectivity index (χ2v) is 4.67. The van der Waals surface area contributed by atoms with E-state index in [9.17, 15) is 9.59 Å². The molecule has 1 atom stereocenters. The van der Waals surface area contributed by atoms with E-state index in [0.717, 1.165) is 25.2 Å². The van der Waals surface area contributed by atoms with Gasteiger partial charge < -0.3 is 0 Å². The van der Waals surface area contributed by atoms with E-state index in [1.807, 2.05) is 0 Å². The van der Waals surface area contributed by atoms with Crippen molar-refractivity contribution in [1.82, 2.24) is 5.06 Å². The van der Waals surface area contributed by atoms with Crippen molar-refractivity contribution in [2.75, 3.05) is 0 Å². The summed E-state index contributed by atoms with van der Waals surface area (Å²) in [5.74, 6) is -0.194. The minimum Gasteiger partial charge on any atom is -0.279 e. The fourth-order valence-corrected chi connectivity index (χ4v) is 2.14. The smallest absolute Gasteiger partial charge is 0.256 e. The van der Waals surface area contributed by atoms with E-state index in [1.165, 1.54) is 19.3 Å². The number of nitrogens with zero attached hydrogens (tertiary/aromatic N) is 1. The number of rotatable bonds is 5. The number of carbonyl (C=O) groups is 2. The van der Waals surface area contributed by atoms with Crippen molar-refractivity contribution in [2.45, 2.75) is 44.9 Å². The zero-order valence-corrected chi connectivity index (χ0v) is 8.82. The standard InChI is InChI=1S/C11H17NO3/c13-10-7-9(11(14)12(10)15)4-2-1-3-8-5-6-8/h8-9,15H,1-7H2. The van der Waals surface area contributed by atoms with Gasteiger partial charge in [0.05, 0.1) is 0 Å². The summed E-state index contributed by atoms with van der Waals surface area (Å²) in [6.07, 6.45) is 7.07. The lowest BCUT2D eigenvalue weighted by molar-refractivity contribution is -0.172. The fraction of sp³-hybridized carbons (Fsp3) is 0.818. The Kier molecular flexibility index (Phi) is 3.05. The molecule has 4 nitrogen and oxygen atoms in total. The van der Waals surface area contributed by atoms with E-state index in [4.69, 9.17) is 5.21 Å². The molecule has 0 spiro atoms. The van der Waals surface area contributed by atoms with Gasteiger partial charge in [-0.3, -0.25) is 14.8 Å². The Bertz CT molecular complexity index is 273. The maximum absolute atomic E-state index is 11.3. The zero-order chi connectivity index (χ0) is 10.8. The predicted molar refractivity (Wildman–Crippen MR) is 52.9 cm³/mol. The highest BCUT2D eigenvalue weighted by Crippen LogP contribution is 2.34. The van der Waals surface area contributed by atoms with Gasteiger partial charge in [-0.1, -0.05) is 32.1 Å². The van der Waals surface area contributed by atoms with Crippen LogP contribution in [0, 0.1) is 11.8 Å². The quantitative estimate of drug-likeness (QED) is 0.428. The highest BCUT2D eigenvalue weighted by atomic mass is 16.5. The topological polar surface area (TPSA) is 57.6 Å². The Hall–Kier alpha value is -0.900. The first kappa shape index (κ1) is 10.6. The van der Waals surface area contributed by atoms with Crippen LogP contribution in [-0.2, 0) is 9.59 Å². The molecular formula is C11H17NO3. The summed E-state index contributed by atoms with van der Waals surface area (Å²) >= 11 is 0. The van der Waals surface area contributed by atoms with Crippen molar-refractivity contribution < 1.29 is 14.8 Å². The van der Waals surface area contributed by atoms with E-state index in [-0.39, 0.29) is 17.4 Å². The molecule has 2 amide bonds. The van der Waals surface area contributed by atoms with Crippen LogP contribution in [0.4, 0.5) is 0 Å². The number of amides is 2. The first-order chi connectivity index (χ1) is 7.18. The van der Waals surface area contributed by atoms with Crippen molar-refractivity contribution in [3.05, 3.63) is 0 Å². The highest BCUT2D eigenvalue weighted by Gasteiger charge is 2.37. The van der Waals surface area contributed by atoms with Crippen molar-refractivity contribution in [2.24, 2.45) is 11.8 Å². The third kappa shape index (κ3) is 2.56. The van der Waals surface area contributed by atoms with Gasteiger partial charge in [-0.2, -0.15) is 5.06 Å². The SMILES string of the molecule is O=C1CC(CCCCC2CC2)C(=O)N1O. The van der Waals surface area contributed by atoms with Crippen LogP contribution in [0.2, 0.25) is 0 Å². The minimum absolute atomic E-state index is 0.193. The summed E-state index contributed by atoms with van der Waals surface area (Å²) in [6, 6.07) is 0. The fourth-order valence-electron chi connectivity index (χ4n) is 2.14. The maximum Gasteiger partial charge on any atom is 0.256 e. The largest absolute Gasteiger partial charge is 0.279 e. The zero-order valence-electron chi connectivity index (χ0n) is 8.82. The second kappa shape index (κ2) is 4.31. The third-order valence-corrected chi connectivity index (χ3v) is 3.33. The Balaban J connectivity index is 1.65. The number of carbonyl (C=O) groups excluding carboxylic acids is 2. The molecule has 0 aromatic rings. The number of hydroxylamine groups is 2. The predicted octanol–water partition coefficient (Wildman–Crippen LogP) is 1.72. The van der Waals surface area contributed by atoms with Crippen molar-refractivity contribution in [1.29, 1.82) is 0 Å². The van der Waals surface area contributed by atoms with Crippen LogP contribution in [-0.4, -0.2) is 22.1 Å². The first-order valence-corrected chi connectivity index (χ1v) is 5.74. The molecule has 0 aromatic heterocycles. The first-order valence-electron chi connectivity index (χ1n) is 5.74. The van der Waals surface area contributed by atoms with Crippen LogP contribution in [0.5, 0.6) is 0 Å². The minimum atomic E-state index is -0.452. The molecule has 1 aliphatic heterocycles. The van der Waals surface area contributed by atoms with E-state index < -0.39 is 11.8 Å². The van der Waals surface area contributed by atoms with Gasteiger partial charge in [0.15, 0.2) is 0 Å². The summed E-state index contributed by atoms with van der Waals surface area (Å²) in [7, 11) is 0. The molecule has 0 radical (unpaired) electrons. The Labute approximate surface area is 89.2 Å². The van der Waals surface area contributed by atoms with E-state index in [0.29, 0.717) is 0 Å². The van der Waals surface area contributed by atoms with Crippen molar-refractivity contribution in [3.63, 3.8) is 0 Å². The average molecular weight is 211 g/mol. The molecule has 1 heterocycles. The molecule has 2 fully saturated rings. The lowest BCUT2D eigenvalue weighted by atomic mass is 9.99. The van der Waals surface area contributed by atoms with Gasteiger partial charge in [-0.25, -0.2) is 0 Å². The van der Waals surface area contributed by atoms with Gasteiger partial charge in [0.25, 0.3) is 11.8 Å². The summed E-state index contributed by atoms with van der Waals surface area (Å²) in [5, 5.41) is 9.31. The lowest BCUT2D eigenvalue weighted by Crippen LogP contribution is -2.26. The molecule has 0 aromatic carbocycles. The Morgan fingerprint density at radius 3 is 2.40 bits per heavy atom. The molecule has 4 heteroatoms. The molecule has 1 unspecified atom stereocenters. The lowest BCUT2D eigenvalue weighted by Gasteiger charge is -2.06. The molecule has 1 saturated heterocycles. The highest BCUT2D eigenvalue weighted by molar-refractivity contribution is 6.02. The normalized spacial score (nSPS) is 26.5. The van der Waals surface area contributed by atoms with Gasteiger partial charge in [0.1, 0.15) is 0 Å². The van der Waals surface area contributed by atoms with E-state index in [2.05, 4.69) is 0 Å². The van der Waals surface area contributed by atoms with Crippen LogP contribution < -0.4 is 0 Å². The summed E-state index contributed by atoms with van der Waals surface area (Å²) < 4.78 is 0. The van der Waals surface area contributed by atoms with E-state index >= 15 is 0 Å². The van der Waals surface area contributed by atoms with Gasteiger partial charge in [-0.05, 0) is 12.3 Å². The van der Waals surface area contributed by atoms with Crippen molar-refractivity contribution >= 4 is 11.8 Å². The van der Waals surface area contributed by atoms with E-state index in [1.54, 1.807) is 0 Å². The van der Waals surface area contributed by atoms with Crippen LogP contribution in [0.3, 0.4) is 0 Å². The van der Waals surface area contributed by atoms with Gasteiger partial charge in [-0.15, -0.1) is 0 Å². The molecule has 2 rings (SSSR count). The number of imide groups is 1. The van der Waals surface area contributed by atoms with Crippen LogP contribution >= 0.6 is 0 Å². The summed E-state index contributed by atoms with van der Waals surface area (Å²) in [5.41, 5.74) is 0. The number of hydrogen-bond acceptors (Lipinski definition) is 3. The Morgan fingerprint density at radius 2 is 1.87 bits per heavy atom. The van der Waals surface area contributed by atoms with Crippen LogP contribution in [0.15, 0.2) is 0 Å². The molecule has 15 heavy (non-hydrogen) atoms. The third-order valence-electron chi connectivity index (χ3n) is 3.33. The van der Waals surface area contributed by atoms with Crippen molar-refractivity contribution in [3.8, 4) is 0 Å². The Morgan fingerprint density at radius 1 is 1.20 bits per heavy atom.